The molecule has 0 aliphatic carbocycles. The summed E-state index contributed by atoms with van der Waals surface area (Å²) in [7, 11) is 1.57. The normalized spacial score (nSPS) is 10.5. The van der Waals surface area contributed by atoms with Gasteiger partial charge in [0.15, 0.2) is 5.16 Å². The molecule has 2 aromatic carbocycles. The van der Waals surface area contributed by atoms with Crippen LogP contribution in [-0.2, 0) is 4.79 Å². The van der Waals surface area contributed by atoms with Crippen molar-refractivity contribution in [1.82, 2.24) is 14.9 Å². The summed E-state index contributed by atoms with van der Waals surface area (Å²) in [6, 6.07) is 13.1. The average molecular weight is 395 g/mol. The summed E-state index contributed by atoms with van der Waals surface area (Å²) >= 11 is 1.37. The van der Waals surface area contributed by atoms with E-state index < -0.39 is 0 Å². The Hall–Kier alpha value is -3.06. The van der Waals surface area contributed by atoms with E-state index in [9.17, 15) is 9.59 Å². The van der Waals surface area contributed by atoms with E-state index in [0.29, 0.717) is 11.3 Å². The van der Waals surface area contributed by atoms with Crippen LogP contribution >= 0.6 is 11.8 Å². The van der Waals surface area contributed by atoms with Gasteiger partial charge in [-0.15, -0.1) is 0 Å². The Morgan fingerprint density at radius 3 is 2.75 bits per heavy atom. The Labute approximate surface area is 168 Å². The number of rotatable bonds is 6. The highest BCUT2D eigenvalue weighted by Crippen LogP contribution is 2.24. The minimum absolute atomic E-state index is 0.158. The summed E-state index contributed by atoms with van der Waals surface area (Å²) in [6.07, 6.45) is 3.63. The molecule has 144 valence electrons. The van der Waals surface area contributed by atoms with Crippen molar-refractivity contribution in [3.63, 3.8) is 0 Å². The van der Waals surface area contributed by atoms with Gasteiger partial charge in [0.1, 0.15) is 0 Å². The summed E-state index contributed by atoms with van der Waals surface area (Å²) in [4.78, 5) is 28.5. The highest BCUT2D eigenvalue weighted by molar-refractivity contribution is 7.99. The fourth-order valence-electron chi connectivity index (χ4n) is 2.77. The van der Waals surface area contributed by atoms with Crippen molar-refractivity contribution in [2.24, 2.45) is 0 Å². The average Bonchev–Trinajstić information content (AvgIpc) is 3.16. The van der Waals surface area contributed by atoms with E-state index in [1.807, 2.05) is 17.7 Å². The third kappa shape index (κ3) is 4.61. The molecule has 0 spiro atoms. The number of benzene rings is 2. The molecule has 0 radical (unpaired) electrons. The van der Waals surface area contributed by atoms with Gasteiger partial charge in [-0.25, -0.2) is 4.98 Å². The van der Waals surface area contributed by atoms with E-state index >= 15 is 0 Å². The Bertz CT molecular complexity index is 1010. The first-order chi connectivity index (χ1) is 13.5. The third-order valence-electron chi connectivity index (χ3n) is 4.20. The molecule has 28 heavy (non-hydrogen) atoms. The Kier molecular flexibility index (Phi) is 6.16. The molecule has 7 heteroatoms. The van der Waals surface area contributed by atoms with E-state index in [1.165, 1.54) is 17.3 Å². The summed E-state index contributed by atoms with van der Waals surface area (Å²) in [5.41, 5.74) is 4.45. The number of aromatic nitrogens is 2. The number of hydrogen-bond donors (Lipinski definition) is 2. The second kappa shape index (κ2) is 8.75. The molecule has 0 unspecified atom stereocenters. The van der Waals surface area contributed by atoms with Gasteiger partial charge < -0.3 is 10.6 Å². The lowest BCUT2D eigenvalue weighted by Crippen LogP contribution is -2.19. The van der Waals surface area contributed by atoms with Crippen LogP contribution in [0.1, 0.15) is 21.5 Å². The van der Waals surface area contributed by atoms with Gasteiger partial charge in [0.05, 0.1) is 11.4 Å². The molecule has 2 N–H and O–H groups in total. The number of aryl methyl sites for hydroxylation is 2. The van der Waals surface area contributed by atoms with Crippen molar-refractivity contribution in [3.05, 3.63) is 71.5 Å². The van der Waals surface area contributed by atoms with Crippen molar-refractivity contribution >= 4 is 29.3 Å². The first-order valence-corrected chi connectivity index (χ1v) is 9.82. The predicted molar refractivity (Wildman–Crippen MR) is 112 cm³/mol. The van der Waals surface area contributed by atoms with Crippen molar-refractivity contribution in [1.29, 1.82) is 0 Å². The first-order valence-electron chi connectivity index (χ1n) is 8.83. The molecule has 3 rings (SSSR count). The molecular weight excluding hydrogens is 372 g/mol. The maximum absolute atomic E-state index is 12.4. The minimum atomic E-state index is -0.193. The lowest BCUT2D eigenvalue weighted by Gasteiger charge is -2.11. The highest BCUT2D eigenvalue weighted by Gasteiger charge is 2.12. The van der Waals surface area contributed by atoms with Crippen LogP contribution in [0.15, 0.2) is 60.0 Å². The van der Waals surface area contributed by atoms with Gasteiger partial charge >= 0.3 is 0 Å². The van der Waals surface area contributed by atoms with E-state index in [4.69, 9.17) is 0 Å². The molecule has 0 aliphatic rings. The van der Waals surface area contributed by atoms with Crippen molar-refractivity contribution in [2.75, 3.05) is 18.1 Å². The summed E-state index contributed by atoms with van der Waals surface area (Å²) in [5.74, 6) is -0.137. The van der Waals surface area contributed by atoms with E-state index in [0.717, 1.165) is 16.4 Å². The topological polar surface area (TPSA) is 76.0 Å². The number of imidazole rings is 1. The highest BCUT2D eigenvalue weighted by atomic mass is 32.2. The van der Waals surface area contributed by atoms with Crippen LogP contribution in [0.3, 0.4) is 0 Å². The van der Waals surface area contributed by atoms with Crippen LogP contribution in [0.5, 0.6) is 0 Å². The number of carbonyl (C=O) groups excluding carboxylic acids is 2. The number of amides is 2. The molecular formula is C21H22N4O2S. The van der Waals surface area contributed by atoms with Crippen molar-refractivity contribution in [3.8, 4) is 5.69 Å². The van der Waals surface area contributed by atoms with Gasteiger partial charge in [0.2, 0.25) is 5.91 Å². The van der Waals surface area contributed by atoms with E-state index in [2.05, 4.69) is 40.7 Å². The predicted octanol–water partition coefficient (Wildman–Crippen LogP) is 3.58. The van der Waals surface area contributed by atoms with Crippen LogP contribution in [0.4, 0.5) is 5.69 Å². The second-order valence-corrected chi connectivity index (χ2v) is 7.31. The van der Waals surface area contributed by atoms with Gasteiger partial charge in [0.25, 0.3) is 5.91 Å². The van der Waals surface area contributed by atoms with Crippen LogP contribution in [0.25, 0.3) is 5.69 Å². The molecule has 0 aliphatic heterocycles. The first kappa shape index (κ1) is 19.7. The summed E-state index contributed by atoms with van der Waals surface area (Å²) < 4.78 is 1.99. The van der Waals surface area contributed by atoms with Gasteiger partial charge in [-0.3, -0.25) is 14.2 Å². The van der Waals surface area contributed by atoms with Crippen molar-refractivity contribution < 1.29 is 9.59 Å². The number of hydrogen-bond acceptors (Lipinski definition) is 4. The SMILES string of the molecule is CNC(=O)c1cccc(NC(=O)CSc2nccn2-c2cc(C)ccc2C)c1. The van der Waals surface area contributed by atoms with E-state index in [-0.39, 0.29) is 17.6 Å². The van der Waals surface area contributed by atoms with Gasteiger partial charge in [-0.05, 0) is 49.2 Å². The monoisotopic (exact) mass is 394 g/mol. The smallest absolute Gasteiger partial charge is 0.251 e. The standard InChI is InChI=1S/C21H22N4O2S/c1-14-7-8-15(2)18(11-14)25-10-9-23-21(25)28-13-19(26)24-17-6-4-5-16(12-17)20(27)22-3/h4-12H,13H2,1-3H3,(H,22,27)(H,24,26). The van der Waals surface area contributed by atoms with Crippen molar-refractivity contribution in [2.45, 2.75) is 19.0 Å². The molecule has 0 fully saturated rings. The number of anilines is 1. The zero-order chi connectivity index (χ0) is 20.1. The zero-order valence-corrected chi connectivity index (χ0v) is 16.8. The van der Waals surface area contributed by atoms with E-state index in [1.54, 1.807) is 37.5 Å². The largest absolute Gasteiger partial charge is 0.355 e. The minimum Gasteiger partial charge on any atom is -0.355 e. The summed E-state index contributed by atoms with van der Waals surface area (Å²) in [6.45, 7) is 4.10. The van der Waals surface area contributed by atoms with Crippen LogP contribution in [-0.4, -0.2) is 34.2 Å². The van der Waals surface area contributed by atoms with Crippen LogP contribution in [0.2, 0.25) is 0 Å². The number of nitrogens with zero attached hydrogens (tertiary/aromatic N) is 2. The molecule has 1 heterocycles. The van der Waals surface area contributed by atoms with Crippen LogP contribution in [0, 0.1) is 13.8 Å². The number of carbonyl (C=O) groups is 2. The maximum atomic E-state index is 12.4. The molecule has 0 saturated carbocycles. The Morgan fingerprint density at radius 2 is 1.96 bits per heavy atom. The molecule has 3 aromatic rings. The molecule has 2 amide bonds. The van der Waals surface area contributed by atoms with Gasteiger partial charge in [0, 0.05) is 30.7 Å². The Morgan fingerprint density at radius 1 is 1.14 bits per heavy atom. The molecule has 6 nitrogen and oxygen atoms in total. The fourth-order valence-corrected chi connectivity index (χ4v) is 3.53. The fraction of sp³-hybridized carbons (Fsp3) is 0.190. The Balaban J connectivity index is 1.67. The number of nitrogens with one attached hydrogen (secondary N) is 2. The summed E-state index contributed by atoms with van der Waals surface area (Å²) in [5, 5.41) is 6.15. The maximum Gasteiger partial charge on any atom is 0.251 e. The lowest BCUT2D eigenvalue weighted by atomic mass is 10.1. The molecule has 0 atom stereocenters. The van der Waals surface area contributed by atoms with Gasteiger partial charge in [-0.1, -0.05) is 30.0 Å². The lowest BCUT2D eigenvalue weighted by molar-refractivity contribution is -0.113. The van der Waals surface area contributed by atoms with Gasteiger partial charge in [-0.2, -0.15) is 0 Å². The molecule has 0 saturated heterocycles. The third-order valence-corrected chi connectivity index (χ3v) is 5.17. The molecule has 0 bridgehead atoms. The second-order valence-electron chi connectivity index (χ2n) is 6.37. The zero-order valence-electron chi connectivity index (χ0n) is 16.0. The number of thioether (sulfide) groups is 1. The van der Waals surface area contributed by atoms with Crippen LogP contribution < -0.4 is 10.6 Å². The molecule has 1 aromatic heterocycles. The quantitative estimate of drug-likeness (QED) is 0.627.